The number of nitrogens with zero attached hydrogens (tertiary/aromatic N) is 1. The second kappa shape index (κ2) is 5.85. The summed E-state index contributed by atoms with van der Waals surface area (Å²) in [5.74, 6) is 0.958. The smallest absolute Gasteiger partial charge is 0.119 e. The Morgan fingerprint density at radius 3 is 2.47 bits per heavy atom. The van der Waals surface area contributed by atoms with Crippen LogP contribution in [-0.2, 0) is 0 Å². The molecule has 3 heteroatoms. The third-order valence-electron chi connectivity index (χ3n) is 3.44. The SMILES string of the molecule is c1cncc(-c2ccc(OC3CCNCC3)cc2)c1. The average Bonchev–Trinajstić information content (AvgIpc) is 2.50. The Labute approximate surface area is 113 Å². The largest absolute Gasteiger partial charge is 0.490 e. The lowest BCUT2D eigenvalue weighted by Gasteiger charge is -2.23. The molecule has 1 aromatic heterocycles. The van der Waals surface area contributed by atoms with Crippen molar-refractivity contribution in [3.05, 3.63) is 48.8 Å². The molecule has 98 valence electrons. The summed E-state index contributed by atoms with van der Waals surface area (Å²) in [7, 11) is 0. The second-order valence-electron chi connectivity index (χ2n) is 4.83. The fraction of sp³-hybridized carbons (Fsp3) is 0.312. The van der Waals surface area contributed by atoms with Crippen molar-refractivity contribution in [1.82, 2.24) is 10.3 Å². The summed E-state index contributed by atoms with van der Waals surface area (Å²) in [6, 6.07) is 12.3. The summed E-state index contributed by atoms with van der Waals surface area (Å²) in [5.41, 5.74) is 2.31. The van der Waals surface area contributed by atoms with Crippen LogP contribution in [0.15, 0.2) is 48.8 Å². The van der Waals surface area contributed by atoms with Crippen molar-refractivity contribution in [3.8, 4) is 16.9 Å². The van der Waals surface area contributed by atoms with Crippen LogP contribution >= 0.6 is 0 Å². The van der Waals surface area contributed by atoms with Crippen LogP contribution in [0.3, 0.4) is 0 Å². The van der Waals surface area contributed by atoms with E-state index in [-0.39, 0.29) is 0 Å². The number of hydrogen-bond donors (Lipinski definition) is 1. The molecule has 0 saturated carbocycles. The molecular weight excluding hydrogens is 236 g/mol. The van der Waals surface area contributed by atoms with Gasteiger partial charge in [0, 0.05) is 12.4 Å². The first-order valence-electron chi connectivity index (χ1n) is 6.80. The van der Waals surface area contributed by atoms with Gasteiger partial charge in [-0.2, -0.15) is 0 Å². The van der Waals surface area contributed by atoms with E-state index >= 15 is 0 Å². The Hall–Kier alpha value is -1.87. The highest BCUT2D eigenvalue weighted by atomic mass is 16.5. The molecule has 1 saturated heterocycles. The Bertz CT molecular complexity index is 504. The van der Waals surface area contributed by atoms with E-state index in [4.69, 9.17) is 4.74 Å². The van der Waals surface area contributed by atoms with E-state index in [9.17, 15) is 0 Å². The van der Waals surface area contributed by atoms with Gasteiger partial charge in [0.05, 0.1) is 0 Å². The first-order valence-corrected chi connectivity index (χ1v) is 6.80. The minimum absolute atomic E-state index is 0.352. The Morgan fingerprint density at radius 2 is 1.79 bits per heavy atom. The normalized spacial score (nSPS) is 16.2. The van der Waals surface area contributed by atoms with Crippen LogP contribution in [0.4, 0.5) is 0 Å². The van der Waals surface area contributed by atoms with Gasteiger partial charge in [0.25, 0.3) is 0 Å². The maximum Gasteiger partial charge on any atom is 0.119 e. The Balaban J connectivity index is 1.68. The molecule has 0 unspecified atom stereocenters. The van der Waals surface area contributed by atoms with Crippen LogP contribution in [0, 0.1) is 0 Å². The van der Waals surface area contributed by atoms with Gasteiger partial charge in [0.15, 0.2) is 0 Å². The zero-order valence-electron chi connectivity index (χ0n) is 10.9. The molecule has 1 aliphatic heterocycles. The maximum absolute atomic E-state index is 5.99. The molecular formula is C16H18N2O. The Kier molecular flexibility index (Phi) is 3.75. The van der Waals surface area contributed by atoms with Crippen molar-refractivity contribution < 1.29 is 4.74 Å². The third-order valence-corrected chi connectivity index (χ3v) is 3.44. The predicted molar refractivity (Wildman–Crippen MR) is 76.2 cm³/mol. The average molecular weight is 254 g/mol. The molecule has 3 rings (SSSR count). The van der Waals surface area contributed by atoms with Gasteiger partial charge in [-0.3, -0.25) is 4.98 Å². The maximum atomic E-state index is 5.99. The molecule has 1 aliphatic rings. The topological polar surface area (TPSA) is 34.1 Å². The molecule has 2 aromatic rings. The van der Waals surface area contributed by atoms with Gasteiger partial charge in [-0.25, -0.2) is 0 Å². The number of benzene rings is 1. The number of hydrogen-bond acceptors (Lipinski definition) is 3. The molecule has 1 aromatic carbocycles. The van der Waals surface area contributed by atoms with Gasteiger partial charge in [0.1, 0.15) is 11.9 Å². The van der Waals surface area contributed by atoms with E-state index in [1.807, 2.05) is 24.4 Å². The van der Waals surface area contributed by atoms with E-state index in [1.165, 1.54) is 5.56 Å². The quantitative estimate of drug-likeness (QED) is 0.914. The van der Waals surface area contributed by atoms with Crippen LogP contribution in [0.25, 0.3) is 11.1 Å². The van der Waals surface area contributed by atoms with Crippen molar-refractivity contribution in [3.63, 3.8) is 0 Å². The van der Waals surface area contributed by atoms with Crippen LogP contribution < -0.4 is 10.1 Å². The van der Waals surface area contributed by atoms with Crippen molar-refractivity contribution in [2.24, 2.45) is 0 Å². The van der Waals surface area contributed by atoms with Crippen LogP contribution in [-0.4, -0.2) is 24.2 Å². The number of rotatable bonds is 3. The summed E-state index contributed by atoms with van der Waals surface area (Å²) in [6.45, 7) is 2.11. The number of aromatic nitrogens is 1. The van der Waals surface area contributed by atoms with Gasteiger partial charge in [-0.05, 0) is 55.3 Å². The van der Waals surface area contributed by atoms with Crippen molar-refractivity contribution in [1.29, 1.82) is 0 Å². The highest BCUT2D eigenvalue weighted by Gasteiger charge is 2.14. The van der Waals surface area contributed by atoms with Crippen LogP contribution in [0.2, 0.25) is 0 Å². The molecule has 0 amide bonds. The van der Waals surface area contributed by atoms with E-state index in [0.29, 0.717) is 6.10 Å². The second-order valence-corrected chi connectivity index (χ2v) is 4.83. The van der Waals surface area contributed by atoms with Crippen LogP contribution in [0.5, 0.6) is 5.75 Å². The number of piperidine rings is 1. The lowest BCUT2D eigenvalue weighted by molar-refractivity contribution is 0.162. The van der Waals surface area contributed by atoms with E-state index in [1.54, 1.807) is 6.20 Å². The number of pyridine rings is 1. The molecule has 0 radical (unpaired) electrons. The first-order chi connectivity index (χ1) is 9.42. The summed E-state index contributed by atoms with van der Waals surface area (Å²) >= 11 is 0. The van der Waals surface area contributed by atoms with Gasteiger partial charge in [0.2, 0.25) is 0 Å². The lowest BCUT2D eigenvalue weighted by Crippen LogP contribution is -2.34. The zero-order chi connectivity index (χ0) is 12.9. The fourth-order valence-electron chi connectivity index (χ4n) is 2.37. The molecule has 0 atom stereocenters. The monoisotopic (exact) mass is 254 g/mol. The molecule has 1 fully saturated rings. The molecule has 2 heterocycles. The molecule has 0 spiro atoms. The predicted octanol–water partition coefficient (Wildman–Crippen LogP) is 2.88. The highest BCUT2D eigenvalue weighted by molar-refractivity contribution is 5.62. The minimum atomic E-state index is 0.352. The van der Waals surface area contributed by atoms with Crippen LogP contribution in [0.1, 0.15) is 12.8 Å². The van der Waals surface area contributed by atoms with Crippen molar-refractivity contribution in [2.75, 3.05) is 13.1 Å². The van der Waals surface area contributed by atoms with E-state index < -0.39 is 0 Å². The summed E-state index contributed by atoms with van der Waals surface area (Å²) in [5, 5.41) is 3.34. The highest BCUT2D eigenvalue weighted by Crippen LogP contribution is 2.23. The zero-order valence-corrected chi connectivity index (χ0v) is 10.9. The van der Waals surface area contributed by atoms with E-state index in [2.05, 4.69) is 28.5 Å². The summed E-state index contributed by atoms with van der Waals surface area (Å²) < 4.78 is 5.99. The Morgan fingerprint density at radius 1 is 1.00 bits per heavy atom. The fourth-order valence-corrected chi connectivity index (χ4v) is 2.37. The molecule has 0 bridgehead atoms. The summed E-state index contributed by atoms with van der Waals surface area (Å²) in [4.78, 5) is 4.14. The first kappa shape index (κ1) is 12.2. The molecule has 0 aliphatic carbocycles. The molecule has 1 N–H and O–H groups in total. The molecule has 19 heavy (non-hydrogen) atoms. The summed E-state index contributed by atoms with van der Waals surface area (Å²) in [6.07, 6.45) is 6.20. The lowest BCUT2D eigenvalue weighted by atomic mass is 10.1. The number of ether oxygens (including phenoxy) is 1. The standard InChI is InChI=1S/C16H18N2O/c1-2-14(12-18-9-1)13-3-5-15(6-4-13)19-16-7-10-17-11-8-16/h1-6,9,12,16-17H,7-8,10-11H2. The van der Waals surface area contributed by atoms with Gasteiger partial charge < -0.3 is 10.1 Å². The van der Waals surface area contributed by atoms with E-state index in [0.717, 1.165) is 37.2 Å². The minimum Gasteiger partial charge on any atom is -0.490 e. The van der Waals surface area contributed by atoms with Gasteiger partial charge in [-0.15, -0.1) is 0 Å². The van der Waals surface area contributed by atoms with Crippen molar-refractivity contribution in [2.45, 2.75) is 18.9 Å². The van der Waals surface area contributed by atoms with Gasteiger partial charge >= 0.3 is 0 Å². The van der Waals surface area contributed by atoms with Gasteiger partial charge in [-0.1, -0.05) is 18.2 Å². The number of nitrogens with one attached hydrogen (secondary N) is 1. The third kappa shape index (κ3) is 3.12. The molecule has 3 nitrogen and oxygen atoms in total. The van der Waals surface area contributed by atoms with Crippen molar-refractivity contribution >= 4 is 0 Å².